The van der Waals surface area contributed by atoms with E-state index in [1.54, 1.807) is 13.4 Å². The number of rotatable bonds is 3. The predicted molar refractivity (Wildman–Crippen MR) is 64.6 cm³/mol. The highest BCUT2D eigenvalue weighted by Crippen LogP contribution is 2.18. The van der Waals surface area contributed by atoms with E-state index in [1.165, 1.54) is 5.57 Å². The second-order valence-electron chi connectivity index (χ2n) is 3.48. The molecule has 2 heteroatoms. The molecule has 0 fully saturated rings. The maximum absolute atomic E-state index is 5.54. The fourth-order valence-electron chi connectivity index (χ4n) is 1.42. The molecule has 0 heterocycles. The predicted octanol–water partition coefficient (Wildman–Crippen LogP) is 3.47. The van der Waals surface area contributed by atoms with Gasteiger partial charge >= 0.3 is 0 Å². The van der Waals surface area contributed by atoms with Gasteiger partial charge in [-0.05, 0) is 36.3 Å². The zero-order chi connectivity index (χ0) is 11.2. The normalized spacial score (nSPS) is 16.4. The molecule has 1 aliphatic carbocycles. The molecule has 0 aliphatic heterocycles. The largest absolute Gasteiger partial charge is 0.497 e. The molecule has 1 aromatic rings. The van der Waals surface area contributed by atoms with Crippen LogP contribution in [0.2, 0.25) is 0 Å². The monoisotopic (exact) mass is 214 g/mol. The molecule has 0 atom stereocenters. The first-order valence-electron chi connectivity index (χ1n) is 5.21. The van der Waals surface area contributed by atoms with Crippen molar-refractivity contribution in [3.63, 3.8) is 0 Å². The first-order chi connectivity index (χ1) is 7.88. The molecule has 0 saturated heterocycles. The van der Waals surface area contributed by atoms with E-state index in [0.717, 1.165) is 17.9 Å². The second kappa shape index (κ2) is 5.21. The van der Waals surface area contributed by atoms with Crippen LogP contribution in [0.25, 0.3) is 0 Å². The summed E-state index contributed by atoms with van der Waals surface area (Å²) in [7, 11) is 1.65. The van der Waals surface area contributed by atoms with Crippen molar-refractivity contribution in [3.05, 3.63) is 60.4 Å². The highest BCUT2D eigenvalue weighted by atomic mass is 16.5. The maximum Gasteiger partial charge on any atom is 0.126 e. The Morgan fingerprint density at radius 1 is 1.06 bits per heavy atom. The molecule has 0 radical (unpaired) electrons. The number of ether oxygens (including phenoxy) is 2. The Balaban J connectivity index is 1.98. The van der Waals surface area contributed by atoms with Crippen LogP contribution in [-0.2, 0) is 0 Å². The Morgan fingerprint density at radius 3 is 2.44 bits per heavy atom. The van der Waals surface area contributed by atoms with Gasteiger partial charge in [-0.15, -0.1) is 0 Å². The van der Waals surface area contributed by atoms with E-state index >= 15 is 0 Å². The lowest BCUT2D eigenvalue weighted by atomic mass is 10.1. The average molecular weight is 214 g/mol. The van der Waals surface area contributed by atoms with E-state index in [1.807, 2.05) is 42.5 Å². The molecular weight excluding hydrogens is 200 g/mol. The van der Waals surface area contributed by atoms with Crippen LogP contribution in [0.15, 0.2) is 60.4 Å². The van der Waals surface area contributed by atoms with Gasteiger partial charge in [0.15, 0.2) is 0 Å². The molecule has 2 nitrogen and oxygen atoms in total. The van der Waals surface area contributed by atoms with Gasteiger partial charge in [0.05, 0.1) is 13.4 Å². The van der Waals surface area contributed by atoms with Crippen molar-refractivity contribution in [2.75, 3.05) is 7.11 Å². The van der Waals surface area contributed by atoms with Crippen LogP contribution in [0, 0.1) is 0 Å². The topological polar surface area (TPSA) is 18.5 Å². The van der Waals surface area contributed by atoms with Crippen LogP contribution in [0.4, 0.5) is 0 Å². The molecule has 0 amide bonds. The van der Waals surface area contributed by atoms with E-state index in [2.05, 4.69) is 6.08 Å². The molecule has 16 heavy (non-hydrogen) atoms. The zero-order valence-electron chi connectivity index (χ0n) is 9.22. The highest BCUT2D eigenvalue weighted by molar-refractivity contribution is 5.33. The zero-order valence-corrected chi connectivity index (χ0v) is 9.22. The number of hydrogen-bond acceptors (Lipinski definition) is 2. The Morgan fingerprint density at radius 2 is 1.81 bits per heavy atom. The van der Waals surface area contributed by atoms with Gasteiger partial charge in [-0.1, -0.05) is 24.3 Å². The molecule has 0 spiro atoms. The fraction of sp³-hybridized carbons (Fsp3) is 0.143. The molecule has 82 valence electrons. The van der Waals surface area contributed by atoms with Crippen LogP contribution in [-0.4, -0.2) is 7.11 Å². The lowest BCUT2D eigenvalue weighted by Crippen LogP contribution is -1.88. The Labute approximate surface area is 95.5 Å². The van der Waals surface area contributed by atoms with Crippen molar-refractivity contribution in [2.45, 2.75) is 6.42 Å². The maximum atomic E-state index is 5.54. The molecule has 0 bridgehead atoms. The van der Waals surface area contributed by atoms with Gasteiger partial charge in [0.1, 0.15) is 11.5 Å². The van der Waals surface area contributed by atoms with Crippen molar-refractivity contribution in [1.29, 1.82) is 0 Å². The standard InChI is InChI=1S/C14H14O2/c1-15-13-7-9-14(10-8-13)16-11-12-5-3-2-4-6-12/h2-5,7-11H,6H2,1H3. The summed E-state index contributed by atoms with van der Waals surface area (Å²) < 4.78 is 10.6. The van der Waals surface area contributed by atoms with Crippen molar-refractivity contribution in [1.82, 2.24) is 0 Å². The number of allylic oxidation sites excluding steroid dienone is 5. The third-order valence-electron chi connectivity index (χ3n) is 2.32. The molecular formula is C14H14O2. The van der Waals surface area contributed by atoms with Crippen LogP contribution in [0.5, 0.6) is 11.5 Å². The lowest BCUT2D eigenvalue weighted by Gasteiger charge is -2.05. The number of methoxy groups -OCH3 is 1. The summed E-state index contributed by atoms with van der Waals surface area (Å²) in [6, 6.07) is 7.53. The minimum atomic E-state index is 0.816. The summed E-state index contributed by atoms with van der Waals surface area (Å²) in [6.45, 7) is 0. The summed E-state index contributed by atoms with van der Waals surface area (Å²) in [6.07, 6.45) is 10.9. The Hall–Kier alpha value is -1.96. The molecule has 0 saturated carbocycles. The molecule has 0 unspecified atom stereocenters. The minimum Gasteiger partial charge on any atom is -0.497 e. The van der Waals surface area contributed by atoms with Crippen LogP contribution in [0.3, 0.4) is 0 Å². The van der Waals surface area contributed by atoms with Crippen LogP contribution >= 0.6 is 0 Å². The third-order valence-corrected chi connectivity index (χ3v) is 2.32. The van der Waals surface area contributed by atoms with E-state index < -0.39 is 0 Å². The van der Waals surface area contributed by atoms with E-state index in [0.29, 0.717) is 0 Å². The van der Waals surface area contributed by atoms with Gasteiger partial charge in [0, 0.05) is 0 Å². The van der Waals surface area contributed by atoms with Crippen molar-refractivity contribution < 1.29 is 9.47 Å². The third kappa shape index (κ3) is 2.76. The highest BCUT2D eigenvalue weighted by Gasteiger charge is 1.96. The fourth-order valence-corrected chi connectivity index (χ4v) is 1.42. The van der Waals surface area contributed by atoms with E-state index in [4.69, 9.17) is 9.47 Å². The summed E-state index contributed by atoms with van der Waals surface area (Å²) in [4.78, 5) is 0. The van der Waals surface area contributed by atoms with Gasteiger partial charge in [0.2, 0.25) is 0 Å². The molecule has 2 rings (SSSR count). The minimum absolute atomic E-state index is 0.816. The Bertz CT molecular complexity index is 425. The first-order valence-corrected chi connectivity index (χ1v) is 5.21. The summed E-state index contributed by atoms with van der Waals surface area (Å²) in [5.41, 5.74) is 1.17. The lowest BCUT2D eigenvalue weighted by molar-refractivity contribution is 0.412. The van der Waals surface area contributed by atoms with E-state index in [-0.39, 0.29) is 0 Å². The van der Waals surface area contributed by atoms with Gasteiger partial charge in [-0.2, -0.15) is 0 Å². The van der Waals surface area contributed by atoms with Gasteiger partial charge in [0.25, 0.3) is 0 Å². The van der Waals surface area contributed by atoms with E-state index in [9.17, 15) is 0 Å². The molecule has 1 aliphatic rings. The SMILES string of the molecule is COc1ccc(OC=C2C=CC=CC2)cc1. The second-order valence-corrected chi connectivity index (χ2v) is 3.48. The number of benzene rings is 1. The quantitative estimate of drug-likeness (QED) is 0.717. The Kier molecular flexibility index (Phi) is 3.44. The summed E-state index contributed by atoms with van der Waals surface area (Å²) in [5.74, 6) is 1.65. The van der Waals surface area contributed by atoms with Gasteiger partial charge < -0.3 is 9.47 Å². The molecule has 0 N–H and O–H groups in total. The van der Waals surface area contributed by atoms with Gasteiger partial charge in [-0.25, -0.2) is 0 Å². The van der Waals surface area contributed by atoms with Crippen LogP contribution in [0.1, 0.15) is 6.42 Å². The average Bonchev–Trinajstić information content (AvgIpc) is 2.38. The van der Waals surface area contributed by atoms with Crippen molar-refractivity contribution in [2.24, 2.45) is 0 Å². The molecule has 0 aromatic heterocycles. The smallest absolute Gasteiger partial charge is 0.126 e. The first kappa shape index (κ1) is 10.6. The summed E-state index contributed by atoms with van der Waals surface area (Å²) >= 11 is 0. The van der Waals surface area contributed by atoms with Crippen molar-refractivity contribution in [3.8, 4) is 11.5 Å². The van der Waals surface area contributed by atoms with Crippen LogP contribution < -0.4 is 9.47 Å². The van der Waals surface area contributed by atoms with Gasteiger partial charge in [-0.3, -0.25) is 0 Å². The number of hydrogen-bond donors (Lipinski definition) is 0. The molecule has 1 aromatic carbocycles. The van der Waals surface area contributed by atoms with Crippen molar-refractivity contribution >= 4 is 0 Å². The summed E-state index contributed by atoms with van der Waals surface area (Å²) in [5, 5.41) is 0.